The topological polar surface area (TPSA) is 55.4 Å². The maximum atomic E-state index is 11.5. The van der Waals surface area contributed by atoms with Gasteiger partial charge in [-0.05, 0) is 11.8 Å². The predicted octanol–water partition coefficient (Wildman–Crippen LogP) is 3.79. The van der Waals surface area contributed by atoms with Crippen LogP contribution in [0.4, 0.5) is 0 Å². The molecule has 0 radical (unpaired) electrons. The van der Waals surface area contributed by atoms with Gasteiger partial charge in [-0.1, -0.05) is 57.7 Å². The van der Waals surface area contributed by atoms with E-state index < -0.39 is 0 Å². The van der Waals surface area contributed by atoms with Crippen LogP contribution in [0.2, 0.25) is 0 Å². The van der Waals surface area contributed by atoms with E-state index in [1.54, 1.807) is 0 Å². The molecule has 1 unspecified atom stereocenters. The van der Waals surface area contributed by atoms with Crippen molar-refractivity contribution in [2.45, 2.75) is 67.7 Å². The normalized spacial score (nSPS) is 11.5. The number of hydrogen-bond acceptors (Lipinski definition) is 3. The molecule has 0 spiro atoms. The van der Waals surface area contributed by atoms with Gasteiger partial charge in [-0.15, -0.1) is 0 Å². The van der Waals surface area contributed by atoms with Crippen molar-refractivity contribution in [1.82, 2.24) is 5.32 Å². The van der Waals surface area contributed by atoms with E-state index in [0.29, 0.717) is 32.6 Å². The molecule has 5 heteroatoms. The number of ether oxygens (including phenoxy) is 1. The van der Waals surface area contributed by atoms with Crippen molar-refractivity contribution in [3.63, 3.8) is 0 Å². The first kappa shape index (κ1) is 23.8. The van der Waals surface area contributed by atoms with Crippen LogP contribution in [-0.4, -0.2) is 31.2 Å². The molecule has 4 nitrogen and oxygen atoms in total. The largest absolute Gasteiger partial charge is 0.380 e. The Balaban J connectivity index is 0. The summed E-state index contributed by atoms with van der Waals surface area (Å²) in [6, 6.07) is 0. The van der Waals surface area contributed by atoms with Crippen LogP contribution in [0.1, 0.15) is 67.7 Å². The number of nitrogens with one attached hydrogen (secondary N) is 1. The Bertz CT molecular complexity index is 328. The minimum Gasteiger partial charge on any atom is -0.380 e. The summed E-state index contributed by atoms with van der Waals surface area (Å²) in [5, 5.41) is 2.93. The fourth-order valence-corrected chi connectivity index (χ4v) is 2.38. The van der Waals surface area contributed by atoms with E-state index in [2.05, 4.69) is 28.4 Å². The molecule has 0 rings (SSSR count). The fourth-order valence-electron chi connectivity index (χ4n) is 1.83. The highest BCUT2D eigenvalue weighted by atomic mass is 31.0. The second-order valence-corrected chi connectivity index (χ2v) is 7.63. The second kappa shape index (κ2) is 12.0. The van der Waals surface area contributed by atoms with Gasteiger partial charge in [-0.2, -0.15) is 0 Å². The summed E-state index contributed by atoms with van der Waals surface area (Å²) >= 11 is 0. The third kappa shape index (κ3) is 14.5. The lowest BCUT2D eigenvalue weighted by atomic mass is 9.90. The van der Waals surface area contributed by atoms with Crippen molar-refractivity contribution in [2.24, 2.45) is 10.8 Å². The smallest absolute Gasteiger partial charge is 0.220 e. The number of carbonyl (C=O) groups is 2. The van der Waals surface area contributed by atoms with Gasteiger partial charge in [0.05, 0.1) is 13.2 Å². The van der Waals surface area contributed by atoms with Crippen molar-refractivity contribution in [3.05, 3.63) is 0 Å². The van der Waals surface area contributed by atoms with Gasteiger partial charge in [0.1, 0.15) is 5.52 Å². The SMILES string of the molecule is CC.CCCC(=O)NCC(C)(C)COCC(C)(C)CC(=O)P. The summed E-state index contributed by atoms with van der Waals surface area (Å²) < 4.78 is 5.74. The summed E-state index contributed by atoms with van der Waals surface area (Å²) in [6.07, 6.45) is 1.92. The zero-order valence-electron chi connectivity index (χ0n) is 15.5. The van der Waals surface area contributed by atoms with Crippen LogP contribution in [0.5, 0.6) is 0 Å². The molecule has 0 aliphatic carbocycles. The molecule has 22 heavy (non-hydrogen) atoms. The van der Waals surface area contributed by atoms with Gasteiger partial charge >= 0.3 is 0 Å². The first-order valence-corrected chi connectivity index (χ1v) is 8.78. The zero-order valence-corrected chi connectivity index (χ0v) is 16.7. The standard InChI is InChI=1S/C15H30NO3P.C2H6/c1-6-7-12(17)16-9-15(4,5)11-19-10-14(2,3)8-13(18)20;1-2/h6-11,20H2,1-5H3,(H,16,17);1-2H3. The van der Waals surface area contributed by atoms with E-state index in [1.165, 1.54) is 0 Å². The fraction of sp³-hybridized carbons (Fsp3) is 0.882. The minimum atomic E-state index is -0.152. The molecule has 0 saturated carbocycles. The Morgan fingerprint density at radius 3 is 2.00 bits per heavy atom. The lowest BCUT2D eigenvalue weighted by molar-refractivity contribution is -0.122. The Morgan fingerprint density at radius 1 is 1.05 bits per heavy atom. The van der Waals surface area contributed by atoms with E-state index >= 15 is 0 Å². The number of amides is 1. The van der Waals surface area contributed by atoms with Crippen LogP contribution < -0.4 is 5.32 Å². The molecule has 0 aromatic heterocycles. The van der Waals surface area contributed by atoms with Crippen LogP contribution in [0, 0.1) is 10.8 Å². The third-order valence-electron chi connectivity index (χ3n) is 2.88. The van der Waals surface area contributed by atoms with E-state index in [1.807, 2.05) is 34.6 Å². The average Bonchev–Trinajstić information content (AvgIpc) is 2.37. The van der Waals surface area contributed by atoms with Gasteiger partial charge < -0.3 is 10.1 Å². The molecule has 0 fully saturated rings. The van der Waals surface area contributed by atoms with Gasteiger partial charge in [-0.3, -0.25) is 9.59 Å². The molecule has 1 N–H and O–H groups in total. The van der Waals surface area contributed by atoms with Crippen LogP contribution in [0.3, 0.4) is 0 Å². The second-order valence-electron chi connectivity index (χ2n) is 6.99. The lowest BCUT2D eigenvalue weighted by Crippen LogP contribution is -2.37. The van der Waals surface area contributed by atoms with E-state index in [-0.39, 0.29) is 22.3 Å². The van der Waals surface area contributed by atoms with Gasteiger partial charge in [0, 0.05) is 24.8 Å². The molecule has 0 saturated heterocycles. The summed E-state index contributed by atoms with van der Waals surface area (Å²) in [7, 11) is 2.21. The van der Waals surface area contributed by atoms with E-state index in [4.69, 9.17) is 4.74 Å². The maximum Gasteiger partial charge on any atom is 0.220 e. The van der Waals surface area contributed by atoms with Crippen LogP contribution in [0.25, 0.3) is 0 Å². The summed E-state index contributed by atoms with van der Waals surface area (Å²) in [5.74, 6) is 0.0921. The Morgan fingerprint density at radius 2 is 1.55 bits per heavy atom. The van der Waals surface area contributed by atoms with E-state index in [0.717, 1.165) is 6.42 Å². The number of hydrogen-bond donors (Lipinski definition) is 1. The van der Waals surface area contributed by atoms with Gasteiger partial charge in [-0.25, -0.2) is 0 Å². The number of carbonyl (C=O) groups excluding carboxylic acids is 2. The van der Waals surface area contributed by atoms with Crippen LogP contribution in [0.15, 0.2) is 0 Å². The van der Waals surface area contributed by atoms with Gasteiger partial charge in [0.15, 0.2) is 0 Å². The molecule has 0 aromatic rings. The van der Waals surface area contributed by atoms with Gasteiger partial charge in [0.25, 0.3) is 0 Å². The first-order valence-electron chi connectivity index (χ1n) is 8.21. The molecule has 1 atom stereocenters. The maximum absolute atomic E-state index is 11.5. The predicted molar refractivity (Wildman–Crippen MR) is 97.0 cm³/mol. The quantitative estimate of drug-likeness (QED) is 0.619. The molecule has 0 heterocycles. The van der Waals surface area contributed by atoms with Crippen LogP contribution >= 0.6 is 9.24 Å². The van der Waals surface area contributed by atoms with Crippen molar-refractivity contribution in [2.75, 3.05) is 19.8 Å². The van der Waals surface area contributed by atoms with Crippen molar-refractivity contribution >= 4 is 20.7 Å². The highest BCUT2D eigenvalue weighted by molar-refractivity contribution is 7.40. The van der Waals surface area contributed by atoms with Crippen molar-refractivity contribution < 1.29 is 14.3 Å². The van der Waals surface area contributed by atoms with Crippen molar-refractivity contribution in [1.29, 1.82) is 0 Å². The molecular weight excluding hydrogens is 297 g/mol. The minimum absolute atomic E-state index is 0.0921. The number of rotatable bonds is 10. The molecule has 0 aliphatic heterocycles. The van der Waals surface area contributed by atoms with Crippen LogP contribution in [-0.2, 0) is 14.3 Å². The van der Waals surface area contributed by atoms with E-state index in [9.17, 15) is 9.59 Å². The molecular formula is C17H36NO3P. The monoisotopic (exact) mass is 333 g/mol. The Hall–Kier alpha value is -0.470. The van der Waals surface area contributed by atoms with Gasteiger partial charge in [0.2, 0.25) is 5.91 Å². The molecule has 0 aliphatic rings. The van der Waals surface area contributed by atoms with Crippen molar-refractivity contribution in [3.8, 4) is 0 Å². The molecule has 0 aromatic carbocycles. The summed E-state index contributed by atoms with van der Waals surface area (Å²) in [6.45, 7) is 15.9. The first-order chi connectivity index (χ1) is 10.1. The molecule has 132 valence electrons. The Kier molecular flexibility index (Phi) is 13.0. The zero-order chi connectivity index (χ0) is 17.8. The summed E-state index contributed by atoms with van der Waals surface area (Å²) in [5.41, 5.74) is -0.158. The highest BCUT2D eigenvalue weighted by Crippen LogP contribution is 2.24. The highest BCUT2D eigenvalue weighted by Gasteiger charge is 2.24. The summed E-state index contributed by atoms with van der Waals surface area (Å²) in [4.78, 5) is 22.6. The molecule has 0 bridgehead atoms. The third-order valence-corrected chi connectivity index (χ3v) is 3.08. The Labute approximate surface area is 139 Å². The average molecular weight is 333 g/mol. The lowest BCUT2D eigenvalue weighted by Gasteiger charge is -2.28. The molecule has 1 amide bonds.